The van der Waals surface area contributed by atoms with Crippen molar-refractivity contribution in [3.8, 4) is 0 Å². The third-order valence-corrected chi connectivity index (χ3v) is 4.77. The number of pyridine rings is 1. The number of nitrogens with zero attached hydrogens (tertiary/aromatic N) is 5. The molecule has 3 heterocycles. The maximum atomic E-state index is 4.43. The van der Waals surface area contributed by atoms with E-state index in [1.807, 2.05) is 38.5 Å². The van der Waals surface area contributed by atoms with Crippen LogP contribution in [0.15, 0.2) is 35.6 Å². The first-order valence-corrected chi connectivity index (χ1v) is 8.61. The van der Waals surface area contributed by atoms with Gasteiger partial charge in [-0.25, -0.2) is 9.97 Å². The Bertz CT molecular complexity index is 652. The second-order valence-electron chi connectivity index (χ2n) is 5.41. The van der Waals surface area contributed by atoms with E-state index in [0.29, 0.717) is 0 Å². The molecule has 6 nitrogen and oxygen atoms in total. The number of hydrogen-bond donors (Lipinski definition) is 1. The summed E-state index contributed by atoms with van der Waals surface area (Å²) in [5.74, 6) is 2.01. The molecule has 3 rings (SSSR count). The molecule has 2 aromatic heterocycles. The van der Waals surface area contributed by atoms with Gasteiger partial charge in [0.05, 0.1) is 11.6 Å². The summed E-state index contributed by atoms with van der Waals surface area (Å²) in [5, 5.41) is 4.53. The molecular weight excluding hydrogens is 435 g/mol. The lowest BCUT2D eigenvalue weighted by molar-refractivity contribution is 0.371. The number of hydrogen-bond acceptors (Lipinski definition) is 5. The molecular formula is C16H23IN6S. The minimum absolute atomic E-state index is 0. The summed E-state index contributed by atoms with van der Waals surface area (Å²) >= 11 is 1.72. The molecule has 1 aliphatic heterocycles. The molecule has 24 heavy (non-hydrogen) atoms. The third kappa shape index (κ3) is 4.79. The SMILES string of the molecule is CN=C(NCc1cnc(C)s1)N1CCN(c2ccccn2)CC1.I. The van der Waals surface area contributed by atoms with Crippen molar-refractivity contribution >= 4 is 47.1 Å². The van der Waals surface area contributed by atoms with Gasteiger partial charge in [0.25, 0.3) is 0 Å². The van der Waals surface area contributed by atoms with Crippen LogP contribution in [-0.2, 0) is 6.54 Å². The van der Waals surface area contributed by atoms with Crippen molar-refractivity contribution in [2.24, 2.45) is 4.99 Å². The van der Waals surface area contributed by atoms with Gasteiger partial charge in [-0.3, -0.25) is 4.99 Å². The number of nitrogens with one attached hydrogen (secondary N) is 1. The molecule has 0 saturated carbocycles. The molecule has 0 atom stereocenters. The Balaban J connectivity index is 0.00000208. The van der Waals surface area contributed by atoms with E-state index in [4.69, 9.17) is 0 Å². The first kappa shape index (κ1) is 18.9. The summed E-state index contributed by atoms with van der Waals surface area (Å²) in [4.78, 5) is 19.0. The van der Waals surface area contributed by atoms with Gasteiger partial charge in [0, 0.05) is 50.5 Å². The molecule has 2 aromatic rings. The summed E-state index contributed by atoms with van der Waals surface area (Å²) in [6.45, 7) is 6.60. The van der Waals surface area contributed by atoms with Gasteiger partial charge in [-0.05, 0) is 19.1 Å². The zero-order chi connectivity index (χ0) is 16.1. The van der Waals surface area contributed by atoms with Crippen molar-refractivity contribution < 1.29 is 0 Å². The maximum absolute atomic E-state index is 4.43. The van der Waals surface area contributed by atoms with Gasteiger partial charge in [-0.1, -0.05) is 6.07 Å². The fourth-order valence-electron chi connectivity index (χ4n) is 2.67. The van der Waals surface area contributed by atoms with E-state index in [0.717, 1.165) is 49.5 Å². The van der Waals surface area contributed by atoms with Gasteiger partial charge in [-0.15, -0.1) is 35.3 Å². The normalized spacial score (nSPS) is 15.2. The van der Waals surface area contributed by atoms with Gasteiger partial charge < -0.3 is 15.1 Å². The van der Waals surface area contributed by atoms with Crippen LogP contribution < -0.4 is 10.2 Å². The summed E-state index contributed by atoms with van der Waals surface area (Å²) in [7, 11) is 1.84. The Hall–Kier alpha value is -1.42. The van der Waals surface area contributed by atoms with Crippen LogP contribution in [0.1, 0.15) is 9.88 Å². The molecule has 0 aliphatic carbocycles. The number of thiazole rings is 1. The van der Waals surface area contributed by atoms with Crippen LogP contribution in [0.3, 0.4) is 0 Å². The van der Waals surface area contributed by atoms with E-state index in [2.05, 4.69) is 36.1 Å². The number of aryl methyl sites for hydroxylation is 1. The fraction of sp³-hybridized carbons (Fsp3) is 0.438. The predicted octanol–water partition coefficient (Wildman–Crippen LogP) is 2.36. The smallest absolute Gasteiger partial charge is 0.194 e. The highest BCUT2D eigenvalue weighted by molar-refractivity contribution is 14.0. The minimum Gasteiger partial charge on any atom is -0.353 e. The number of aromatic nitrogens is 2. The van der Waals surface area contributed by atoms with Gasteiger partial charge in [-0.2, -0.15) is 0 Å². The van der Waals surface area contributed by atoms with E-state index in [1.165, 1.54) is 4.88 Å². The van der Waals surface area contributed by atoms with Gasteiger partial charge in [0.2, 0.25) is 0 Å². The van der Waals surface area contributed by atoms with Crippen molar-refractivity contribution in [3.05, 3.63) is 40.5 Å². The lowest BCUT2D eigenvalue weighted by atomic mass is 10.3. The fourth-order valence-corrected chi connectivity index (χ4v) is 3.41. The summed E-state index contributed by atoms with van der Waals surface area (Å²) in [6, 6.07) is 6.05. The molecule has 0 aromatic carbocycles. The maximum Gasteiger partial charge on any atom is 0.194 e. The van der Waals surface area contributed by atoms with Crippen LogP contribution >= 0.6 is 35.3 Å². The number of piperazine rings is 1. The van der Waals surface area contributed by atoms with Gasteiger partial charge in [0.1, 0.15) is 5.82 Å². The van der Waals surface area contributed by atoms with Crippen LogP contribution in [0.25, 0.3) is 0 Å². The van der Waals surface area contributed by atoms with Crippen LogP contribution in [0.5, 0.6) is 0 Å². The molecule has 0 spiro atoms. The predicted molar refractivity (Wildman–Crippen MR) is 110 cm³/mol. The minimum atomic E-state index is 0. The van der Waals surface area contributed by atoms with Crippen molar-refractivity contribution in [1.29, 1.82) is 0 Å². The van der Waals surface area contributed by atoms with Crippen LogP contribution in [-0.4, -0.2) is 54.1 Å². The quantitative estimate of drug-likeness (QED) is 0.435. The zero-order valence-electron chi connectivity index (χ0n) is 14.0. The summed E-state index contributed by atoms with van der Waals surface area (Å²) < 4.78 is 0. The van der Waals surface area contributed by atoms with E-state index in [1.54, 1.807) is 11.3 Å². The highest BCUT2D eigenvalue weighted by atomic mass is 127. The topological polar surface area (TPSA) is 56.7 Å². The number of guanidine groups is 1. The summed E-state index contributed by atoms with van der Waals surface area (Å²) in [5.41, 5.74) is 0. The van der Waals surface area contributed by atoms with Crippen LogP contribution in [0.4, 0.5) is 5.82 Å². The Morgan fingerprint density at radius 2 is 2.04 bits per heavy atom. The first-order chi connectivity index (χ1) is 11.3. The largest absolute Gasteiger partial charge is 0.353 e. The Morgan fingerprint density at radius 1 is 1.25 bits per heavy atom. The monoisotopic (exact) mass is 458 g/mol. The van der Waals surface area contributed by atoms with Crippen LogP contribution in [0.2, 0.25) is 0 Å². The molecule has 0 radical (unpaired) electrons. The first-order valence-electron chi connectivity index (χ1n) is 7.79. The van der Waals surface area contributed by atoms with E-state index >= 15 is 0 Å². The molecule has 1 fully saturated rings. The average Bonchev–Trinajstić information content (AvgIpc) is 3.02. The van der Waals surface area contributed by atoms with E-state index < -0.39 is 0 Å². The lowest BCUT2D eigenvalue weighted by Gasteiger charge is -2.37. The molecule has 8 heteroatoms. The van der Waals surface area contributed by atoms with Gasteiger partial charge in [0.15, 0.2) is 5.96 Å². The average molecular weight is 458 g/mol. The second kappa shape index (κ2) is 9.16. The Labute approximate surface area is 164 Å². The third-order valence-electron chi connectivity index (χ3n) is 3.85. The summed E-state index contributed by atoms with van der Waals surface area (Å²) in [6.07, 6.45) is 3.78. The van der Waals surface area contributed by atoms with Crippen LogP contribution in [0, 0.1) is 6.92 Å². The molecule has 1 saturated heterocycles. The zero-order valence-corrected chi connectivity index (χ0v) is 17.1. The van der Waals surface area contributed by atoms with Crippen molar-refractivity contribution in [2.45, 2.75) is 13.5 Å². The Kier molecular flexibility index (Phi) is 7.22. The van der Waals surface area contributed by atoms with E-state index in [-0.39, 0.29) is 24.0 Å². The number of halogens is 1. The standard InChI is InChI=1S/C16H22N6S.HI/c1-13-19-11-14(23-13)12-20-16(17-2)22-9-7-21(8-10-22)15-5-3-4-6-18-15;/h3-6,11H,7-10,12H2,1-2H3,(H,17,20);1H. The van der Waals surface area contributed by atoms with Gasteiger partial charge >= 0.3 is 0 Å². The number of anilines is 1. The molecule has 1 aliphatic rings. The van der Waals surface area contributed by atoms with Crippen molar-refractivity contribution in [3.63, 3.8) is 0 Å². The van der Waals surface area contributed by atoms with Crippen molar-refractivity contribution in [2.75, 3.05) is 38.1 Å². The molecule has 0 unspecified atom stereocenters. The molecule has 0 amide bonds. The molecule has 0 bridgehead atoms. The Morgan fingerprint density at radius 3 is 2.62 bits per heavy atom. The molecule has 1 N–H and O–H groups in total. The number of aliphatic imine (C=N–C) groups is 1. The second-order valence-corrected chi connectivity index (χ2v) is 6.73. The van der Waals surface area contributed by atoms with E-state index in [9.17, 15) is 0 Å². The van der Waals surface area contributed by atoms with Crippen molar-refractivity contribution in [1.82, 2.24) is 20.2 Å². The lowest BCUT2D eigenvalue weighted by Crippen LogP contribution is -2.52. The molecule has 130 valence electrons. The number of rotatable bonds is 3. The highest BCUT2D eigenvalue weighted by Crippen LogP contribution is 2.13. The highest BCUT2D eigenvalue weighted by Gasteiger charge is 2.20.